The summed E-state index contributed by atoms with van der Waals surface area (Å²) in [5.74, 6) is -1.20. The number of halogens is 1. The van der Waals surface area contributed by atoms with Gasteiger partial charge in [0.1, 0.15) is 0 Å². The molecule has 2 aliphatic heterocycles. The number of rotatable bonds is 4. The smallest absolute Gasteiger partial charge is 0.338 e. The summed E-state index contributed by atoms with van der Waals surface area (Å²) in [5.41, 5.74) is 2.00. The minimum Gasteiger partial charge on any atom is -0.462 e. The number of imide groups is 1. The largest absolute Gasteiger partial charge is 0.462 e. The number of hydrogen-bond acceptors (Lipinski definition) is 7. The first-order chi connectivity index (χ1) is 18.4. The fourth-order valence-corrected chi connectivity index (χ4v) is 10.6. The normalized spacial score (nSPS) is 30.8. The maximum Gasteiger partial charge on any atom is 0.338 e. The van der Waals surface area contributed by atoms with Gasteiger partial charge in [0.15, 0.2) is 0 Å². The van der Waals surface area contributed by atoms with Crippen molar-refractivity contribution >= 4 is 62.5 Å². The number of hydrogen-bond donors (Lipinski definition) is 1. The predicted octanol–water partition coefficient (Wildman–Crippen LogP) is 5.05. The van der Waals surface area contributed by atoms with Crippen LogP contribution >= 0.6 is 39.0 Å². The van der Waals surface area contributed by atoms with Crippen molar-refractivity contribution in [2.24, 2.45) is 29.6 Å². The van der Waals surface area contributed by atoms with Crippen molar-refractivity contribution in [1.29, 1.82) is 0 Å². The van der Waals surface area contributed by atoms with E-state index in [-0.39, 0.29) is 64.1 Å². The van der Waals surface area contributed by atoms with Crippen molar-refractivity contribution in [3.05, 3.63) is 78.7 Å². The number of benzene rings is 2. The highest BCUT2D eigenvalue weighted by atomic mass is 79.9. The van der Waals surface area contributed by atoms with E-state index in [0.717, 1.165) is 26.4 Å². The van der Waals surface area contributed by atoms with Crippen LogP contribution in [0.5, 0.6) is 0 Å². The van der Waals surface area contributed by atoms with Crippen molar-refractivity contribution in [1.82, 2.24) is 4.98 Å². The molecule has 2 bridgehead atoms. The number of fused-ring (bicyclic) bond motifs is 9. The Labute approximate surface area is 235 Å². The molecule has 3 aromatic rings. The molecule has 38 heavy (non-hydrogen) atoms. The molecule has 2 amide bonds. The number of thiazole rings is 1. The van der Waals surface area contributed by atoms with Crippen molar-refractivity contribution in [3.8, 4) is 0 Å². The van der Waals surface area contributed by atoms with Crippen LogP contribution in [0.4, 0.5) is 5.69 Å². The lowest BCUT2D eigenvalue weighted by Gasteiger charge is -2.43. The molecule has 194 valence electrons. The van der Waals surface area contributed by atoms with Crippen LogP contribution in [0.1, 0.15) is 40.1 Å². The summed E-state index contributed by atoms with van der Waals surface area (Å²) in [4.78, 5) is 57.4. The number of thioether (sulfide) groups is 1. The van der Waals surface area contributed by atoms with Crippen LogP contribution in [0, 0.1) is 29.6 Å². The van der Waals surface area contributed by atoms with E-state index in [9.17, 15) is 19.2 Å². The van der Waals surface area contributed by atoms with Crippen molar-refractivity contribution in [2.75, 3.05) is 11.5 Å². The van der Waals surface area contributed by atoms with Gasteiger partial charge < -0.3 is 9.72 Å². The zero-order valence-electron chi connectivity index (χ0n) is 20.3. The number of carbonyl (C=O) groups is 3. The highest BCUT2D eigenvalue weighted by Gasteiger charge is 2.69. The molecule has 2 saturated carbocycles. The Hall–Kier alpha value is -2.69. The number of anilines is 1. The number of amides is 2. The number of ether oxygens (including phenoxy) is 1. The molecule has 0 radical (unpaired) electrons. The molecule has 1 aromatic heterocycles. The average molecular weight is 612 g/mol. The minimum atomic E-state index is -0.432. The van der Waals surface area contributed by atoms with Crippen molar-refractivity contribution in [3.63, 3.8) is 0 Å². The monoisotopic (exact) mass is 610 g/mol. The Morgan fingerprint density at radius 1 is 1.08 bits per heavy atom. The van der Waals surface area contributed by atoms with E-state index in [1.165, 1.54) is 16.2 Å². The molecule has 10 heteroatoms. The summed E-state index contributed by atoms with van der Waals surface area (Å²) in [6, 6.07) is 14.7. The molecule has 0 spiro atoms. The molecule has 2 aromatic carbocycles. The Balaban J connectivity index is 1.25. The molecule has 4 aliphatic rings. The van der Waals surface area contributed by atoms with Gasteiger partial charge in [0.05, 0.1) is 34.7 Å². The summed E-state index contributed by atoms with van der Waals surface area (Å²) >= 11 is 6.54. The quantitative estimate of drug-likeness (QED) is 0.328. The van der Waals surface area contributed by atoms with Crippen LogP contribution < -0.4 is 9.77 Å². The third-order valence-corrected chi connectivity index (χ3v) is 11.6. The fraction of sp³-hybridized carbons (Fsp3) is 0.357. The zero-order valence-corrected chi connectivity index (χ0v) is 23.5. The highest BCUT2D eigenvalue weighted by molar-refractivity contribution is 9.10. The van der Waals surface area contributed by atoms with Gasteiger partial charge in [-0.3, -0.25) is 19.3 Å². The summed E-state index contributed by atoms with van der Waals surface area (Å²) in [6.45, 7) is 2.02. The van der Waals surface area contributed by atoms with Crippen molar-refractivity contribution in [2.45, 2.75) is 29.5 Å². The Bertz CT molecular complexity index is 1550. The van der Waals surface area contributed by atoms with Crippen LogP contribution in [-0.4, -0.2) is 34.6 Å². The number of aromatic nitrogens is 1. The molecular weight excluding hydrogens is 588 g/mol. The third kappa shape index (κ3) is 3.46. The topological polar surface area (TPSA) is 96.5 Å². The SMILES string of the molecule is CCOC(=O)c1ccc(N2C(=O)C3C4CC(C3C2=O)C2C4Sc3[nH]c(=O)sc3[C@@H]2c2cccc(Br)c2)cc1. The molecule has 1 N–H and O–H groups in total. The van der Waals surface area contributed by atoms with Gasteiger partial charge in [-0.05, 0) is 73.1 Å². The first-order valence-corrected chi connectivity index (χ1v) is 15.2. The Morgan fingerprint density at radius 3 is 2.53 bits per heavy atom. The first kappa shape index (κ1) is 24.4. The van der Waals surface area contributed by atoms with Gasteiger partial charge in [-0.15, -0.1) is 11.8 Å². The minimum absolute atomic E-state index is 0.00513. The van der Waals surface area contributed by atoms with E-state index in [1.807, 2.05) is 12.1 Å². The Kier molecular flexibility index (Phi) is 5.72. The van der Waals surface area contributed by atoms with E-state index >= 15 is 0 Å². The van der Waals surface area contributed by atoms with Crippen LogP contribution in [-0.2, 0) is 14.3 Å². The standard InChI is InChI=1S/C28H23BrN2O5S2/c1-2-36-27(34)12-6-8-15(9-7-12)31-25(32)20-16-11-17(21(20)26(31)33)22-19(16)18(13-4-3-5-14(29)10-13)23-24(37-22)30-28(35)38-23/h3-10,16-22H,2,11H2,1H3,(H,30,35)/t16?,17?,18-,19?,20?,21?,22?/m1/s1. The molecule has 7 nitrogen and oxygen atoms in total. The van der Waals surface area contributed by atoms with Crippen molar-refractivity contribution < 1.29 is 19.1 Å². The lowest BCUT2D eigenvalue weighted by Crippen LogP contribution is -2.42. The van der Waals surface area contributed by atoms with Gasteiger partial charge in [0.2, 0.25) is 11.8 Å². The molecule has 3 fully saturated rings. The van der Waals surface area contributed by atoms with Gasteiger partial charge in [-0.25, -0.2) is 4.79 Å². The van der Waals surface area contributed by atoms with E-state index in [4.69, 9.17) is 4.74 Å². The van der Waals surface area contributed by atoms with Crippen LogP contribution in [0.2, 0.25) is 0 Å². The molecule has 3 heterocycles. The molecule has 1 saturated heterocycles. The predicted molar refractivity (Wildman–Crippen MR) is 148 cm³/mol. The summed E-state index contributed by atoms with van der Waals surface area (Å²) < 4.78 is 6.03. The number of carbonyl (C=O) groups excluding carboxylic acids is 3. The molecule has 6 unspecified atom stereocenters. The summed E-state index contributed by atoms with van der Waals surface area (Å²) in [7, 11) is 0. The molecule has 2 aliphatic carbocycles. The second-order valence-corrected chi connectivity index (χ2v) is 13.4. The summed E-state index contributed by atoms with van der Waals surface area (Å²) in [5, 5.41) is 1.05. The maximum atomic E-state index is 13.9. The summed E-state index contributed by atoms with van der Waals surface area (Å²) in [6.07, 6.45) is 0.842. The van der Waals surface area contributed by atoms with Gasteiger partial charge in [0.25, 0.3) is 0 Å². The van der Waals surface area contributed by atoms with E-state index in [2.05, 4.69) is 33.0 Å². The first-order valence-electron chi connectivity index (χ1n) is 12.7. The van der Waals surface area contributed by atoms with E-state index in [1.54, 1.807) is 43.0 Å². The fourth-order valence-electron chi connectivity index (χ4n) is 7.31. The van der Waals surface area contributed by atoms with Gasteiger partial charge in [-0.1, -0.05) is 39.4 Å². The second-order valence-electron chi connectivity index (χ2n) is 10.3. The third-order valence-electron chi connectivity index (χ3n) is 8.57. The van der Waals surface area contributed by atoms with Gasteiger partial charge in [-0.2, -0.15) is 0 Å². The number of esters is 1. The van der Waals surface area contributed by atoms with Gasteiger partial charge in [0, 0.05) is 20.5 Å². The van der Waals surface area contributed by atoms with E-state index < -0.39 is 5.97 Å². The number of nitrogens with one attached hydrogen (secondary N) is 1. The van der Waals surface area contributed by atoms with E-state index in [0.29, 0.717) is 11.3 Å². The number of H-pyrrole nitrogens is 1. The highest BCUT2D eigenvalue weighted by Crippen LogP contribution is 2.68. The number of nitrogens with zero attached hydrogens (tertiary/aromatic N) is 1. The lowest BCUT2D eigenvalue weighted by atomic mass is 9.68. The molecule has 7 rings (SSSR count). The zero-order chi connectivity index (χ0) is 26.3. The molecule has 7 atom stereocenters. The Morgan fingerprint density at radius 2 is 1.82 bits per heavy atom. The average Bonchev–Trinajstić information content (AvgIpc) is 3.63. The van der Waals surface area contributed by atoms with Crippen LogP contribution in [0.15, 0.2) is 62.8 Å². The lowest BCUT2D eigenvalue weighted by molar-refractivity contribution is -0.123. The molecular formula is C28H23BrN2O5S2. The number of aromatic amines is 1. The van der Waals surface area contributed by atoms with Crippen LogP contribution in [0.25, 0.3) is 0 Å². The van der Waals surface area contributed by atoms with Gasteiger partial charge >= 0.3 is 10.8 Å². The maximum absolute atomic E-state index is 13.9. The second kappa shape index (κ2) is 8.93. The van der Waals surface area contributed by atoms with Crippen LogP contribution in [0.3, 0.4) is 0 Å².